The van der Waals surface area contributed by atoms with E-state index in [0.29, 0.717) is 33.7 Å². The predicted octanol–water partition coefficient (Wildman–Crippen LogP) is 4.52. The molecule has 192 valence electrons. The first-order chi connectivity index (χ1) is 19.6. The fraction of sp³-hybridized carbons (Fsp3) is 0. The van der Waals surface area contributed by atoms with Crippen LogP contribution < -0.4 is 22.4 Å². The van der Waals surface area contributed by atoms with E-state index in [1.54, 1.807) is 0 Å². The molecule has 0 bridgehead atoms. The lowest BCUT2D eigenvalue weighted by atomic mass is 9.94. The quantitative estimate of drug-likeness (QED) is 0.173. The Morgan fingerprint density at radius 3 is 2.35 bits per heavy atom. The molecule has 2 aliphatic rings. The van der Waals surface area contributed by atoms with Crippen LogP contribution in [0, 0.1) is 5.41 Å². The molecule has 10 heteroatoms. The smallest absolute Gasteiger partial charge is 0.285 e. The molecule has 0 aliphatic carbocycles. The van der Waals surface area contributed by atoms with Gasteiger partial charge in [0, 0.05) is 11.1 Å². The number of aromatic nitrogens is 5. The Balaban J connectivity index is 1.73. The van der Waals surface area contributed by atoms with Crippen molar-refractivity contribution >= 4 is 27.7 Å². The Hall–Kier alpha value is -5.74. The summed E-state index contributed by atoms with van der Waals surface area (Å²) in [5.74, 6) is 6.11. The number of nitrogen functional groups attached to an aromatic ring is 1. The number of hydrogen-bond acceptors (Lipinski definition) is 9. The van der Waals surface area contributed by atoms with Crippen molar-refractivity contribution in [2.75, 3.05) is 5.43 Å². The average molecular weight is 525 g/mol. The number of nitrogens with zero attached hydrogens (tertiary/aromatic N) is 5. The molecule has 4 N–H and O–H groups in total. The molecule has 0 saturated carbocycles. The highest BCUT2D eigenvalue weighted by atomic mass is 16.3. The summed E-state index contributed by atoms with van der Waals surface area (Å²) >= 11 is 0. The molecule has 0 unspecified atom stereocenters. The molecule has 0 spiro atoms. The summed E-state index contributed by atoms with van der Waals surface area (Å²) in [4.78, 5) is 18.1. The first kappa shape index (κ1) is 23.4. The highest BCUT2D eigenvalue weighted by Gasteiger charge is 2.27. The van der Waals surface area contributed by atoms with Crippen LogP contribution in [0.1, 0.15) is 0 Å². The van der Waals surface area contributed by atoms with Gasteiger partial charge in [-0.05, 0) is 46.7 Å². The lowest BCUT2D eigenvalue weighted by Gasteiger charge is -2.24. The summed E-state index contributed by atoms with van der Waals surface area (Å²) in [5, 5.41) is 21.9. The van der Waals surface area contributed by atoms with Gasteiger partial charge in [0.25, 0.3) is 5.56 Å². The number of pyridine rings is 2. The monoisotopic (exact) mass is 524 g/mol. The summed E-state index contributed by atoms with van der Waals surface area (Å²) in [5.41, 5.74) is 6.83. The maximum Gasteiger partial charge on any atom is 0.285 e. The van der Waals surface area contributed by atoms with Gasteiger partial charge in [-0.1, -0.05) is 66.7 Å². The van der Waals surface area contributed by atoms with Gasteiger partial charge in [0.2, 0.25) is 5.55 Å². The van der Waals surface area contributed by atoms with E-state index in [1.165, 1.54) is 0 Å². The van der Waals surface area contributed by atoms with Gasteiger partial charge in [-0.3, -0.25) is 14.8 Å². The van der Waals surface area contributed by atoms with Gasteiger partial charge in [-0.15, -0.1) is 10.2 Å². The number of hydrogen-bond donors (Lipinski definition) is 3. The average Bonchev–Trinajstić information content (AvgIpc) is 3.00. The minimum atomic E-state index is -0.562. The molecule has 0 saturated heterocycles. The SMILES string of the molecule is N=c1oc2ccccc2cc1-c1cc(-c2ccccc2)c2c3nnnc(NN)c3c(=O)nc-2n1-c1ccccc1. The molecule has 0 radical (unpaired) electrons. The van der Waals surface area contributed by atoms with Crippen LogP contribution in [0.4, 0.5) is 5.82 Å². The van der Waals surface area contributed by atoms with Crippen molar-refractivity contribution in [1.82, 2.24) is 25.0 Å². The second kappa shape index (κ2) is 9.22. The minimum Gasteiger partial charge on any atom is -0.438 e. The number of para-hydroxylation sites is 2. The van der Waals surface area contributed by atoms with Crippen LogP contribution in [0.15, 0.2) is 106 Å². The molecule has 2 aliphatic heterocycles. The lowest BCUT2D eigenvalue weighted by molar-refractivity contribution is 0.535. The van der Waals surface area contributed by atoms with E-state index < -0.39 is 5.56 Å². The first-order valence-electron chi connectivity index (χ1n) is 12.4. The van der Waals surface area contributed by atoms with Crippen LogP contribution in [0.2, 0.25) is 0 Å². The van der Waals surface area contributed by atoms with Crippen LogP contribution >= 0.6 is 0 Å². The maximum absolute atomic E-state index is 13.5. The van der Waals surface area contributed by atoms with E-state index in [4.69, 9.17) is 15.7 Å². The van der Waals surface area contributed by atoms with Gasteiger partial charge >= 0.3 is 0 Å². The molecule has 2 aromatic heterocycles. The van der Waals surface area contributed by atoms with E-state index in [1.807, 2.05) is 102 Å². The second-order valence-corrected chi connectivity index (χ2v) is 9.13. The van der Waals surface area contributed by atoms with Crippen molar-refractivity contribution in [1.29, 1.82) is 5.41 Å². The fourth-order valence-corrected chi connectivity index (χ4v) is 5.06. The van der Waals surface area contributed by atoms with Crippen LogP contribution in [-0.4, -0.2) is 25.0 Å². The van der Waals surface area contributed by atoms with E-state index in [9.17, 15) is 4.79 Å². The Bertz CT molecular complexity index is 2140. The van der Waals surface area contributed by atoms with Crippen molar-refractivity contribution < 1.29 is 4.42 Å². The van der Waals surface area contributed by atoms with Crippen LogP contribution in [0.25, 0.3) is 61.3 Å². The van der Waals surface area contributed by atoms with Gasteiger partial charge < -0.3 is 9.84 Å². The lowest BCUT2D eigenvalue weighted by Crippen LogP contribution is -2.21. The van der Waals surface area contributed by atoms with E-state index in [2.05, 4.69) is 25.8 Å². The number of hydrazine groups is 1. The number of nitrogens with one attached hydrogen (secondary N) is 2. The van der Waals surface area contributed by atoms with Gasteiger partial charge in [-0.2, -0.15) is 4.98 Å². The van der Waals surface area contributed by atoms with Gasteiger partial charge in [0.05, 0.1) is 16.8 Å². The molecule has 3 aromatic carbocycles. The van der Waals surface area contributed by atoms with Gasteiger partial charge in [0.1, 0.15) is 16.5 Å². The Labute approximate surface area is 226 Å². The zero-order valence-corrected chi connectivity index (χ0v) is 20.9. The number of anilines is 1. The van der Waals surface area contributed by atoms with E-state index >= 15 is 0 Å². The van der Waals surface area contributed by atoms with Crippen molar-refractivity contribution in [2.24, 2.45) is 5.84 Å². The summed E-state index contributed by atoms with van der Waals surface area (Å²) in [7, 11) is 0. The maximum atomic E-state index is 13.5. The molecule has 10 nitrogen and oxygen atoms in total. The van der Waals surface area contributed by atoms with E-state index in [-0.39, 0.29) is 16.8 Å². The standard InChI is InChI=1S/C30H20N8O2/c31-27-21(15-18-11-7-8-14-23(18)40-27)22-16-20(17-9-3-1-4-10-17)24-26-25(28(34-32)36-37-35-26)30(39)33-29(24)38(22)19-12-5-2-6-13-19/h1-16,31H,32H2,(H,34,35,36). The third-order valence-corrected chi connectivity index (χ3v) is 6.84. The largest absolute Gasteiger partial charge is 0.438 e. The molecule has 5 aromatic rings. The number of rotatable bonds is 4. The normalized spacial score (nSPS) is 11.3. The molecular weight excluding hydrogens is 504 g/mol. The van der Waals surface area contributed by atoms with Crippen molar-refractivity contribution in [3.8, 4) is 39.5 Å². The van der Waals surface area contributed by atoms with Crippen molar-refractivity contribution in [3.63, 3.8) is 0 Å². The Morgan fingerprint density at radius 2 is 1.57 bits per heavy atom. The van der Waals surface area contributed by atoms with Crippen molar-refractivity contribution in [2.45, 2.75) is 0 Å². The molecule has 7 rings (SSSR count). The highest BCUT2D eigenvalue weighted by Crippen LogP contribution is 2.41. The van der Waals surface area contributed by atoms with E-state index in [0.717, 1.165) is 22.2 Å². The summed E-state index contributed by atoms with van der Waals surface area (Å²) in [6.45, 7) is 0. The van der Waals surface area contributed by atoms with Gasteiger partial charge in [0.15, 0.2) is 11.6 Å². The Kier molecular flexibility index (Phi) is 5.39. The molecule has 40 heavy (non-hydrogen) atoms. The topological polar surface area (TPSA) is 149 Å². The summed E-state index contributed by atoms with van der Waals surface area (Å²) in [6, 6.07) is 30.6. The first-order valence-corrected chi connectivity index (χ1v) is 12.4. The second-order valence-electron chi connectivity index (χ2n) is 9.13. The molecule has 0 amide bonds. The summed E-state index contributed by atoms with van der Waals surface area (Å²) in [6.07, 6.45) is 0. The Morgan fingerprint density at radius 1 is 0.850 bits per heavy atom. The predicted molar refractivity (Wildman–Crippen MR) is 152 cm³/mol. The highest BCUT2D eigenvalue weighted by molar-refractivity contribution is 6.04. The van der Waals surface area contributed by atoms with Crippen molar-refractivity contribution in [3.05, 3.63) is 113 Å². The zero-order valence-electron chi connectivity index (χ0n) is 20.9. The molecule has 0 fully saturated rings. The van der Waals surface area contributed by atoms with Gasteiger partial charge in [-0.25, -0.2) is 5.84 Å². The third kappa shape index (κ3) is 3.62. The number of benzene rings is 3. The summed E-state index contributed by atoms with van der Waals surface area (Å²) < 4.78 is 7.78. The third-order valence-electron chi connectivity index (χ3n) is 6.84. The minimum absolute atomic E-state index is 0.0245. The fourth-order valence-electron chi connectivity index (χ4n) is 5.06. The molecule has 0 atom stereocenters. The number of nitrogens with two attached hydrogens (primary N) is 1. The van der Waals surface area contributed by atoms with Crippen LogP contribution in [0.5, 0.6) is 0 Å². The van der Waals surface area contributed by atoms with Crippen LogP contribution in [0.3, 0.4) is 0 Å². The zero-order chi connectivity index (χ0) is 27.2. The number of fused-ring (bicyclic) bond motifs is 4. The molecular formula is C30H20N8O2. The van der Waals surface area contributed by atoms with Crippen LogP contribution in [-0.2, 0) is 0 Å². The molecule has 4 heterocycles.